The average molecular weight is 346 g/mol. The second-order valence-electron chi connectivity index (χ2n) is 6.88. The van der Waals surface area contributed by atoms with Crippen LogP contribution in [0.15, 0.2) is 35.8 Å². The monoisotopic (exact) mass is 346 g/mol. The van der Waals surface area contributed by atoms with E-state index in [1.54, 1.807) is 6.07 Å². The van der Waals surface area contributed by atoms with E-state index in [1.165, 1.54) is 11.1 Å². The number of nitrogens with zero attached hydrogens (tertiary/aromatic N) is 2. The van der Waals surface area contributed by atoms with Gasteiger partial charge in [0.2, 0.25) is 0 Å². The van der Waals surface area contributed by atoms with Crippen LogP contribution >= 0.6 is 11.3 Å². The molecule has 0 amide bonds. The molecule has 4 nitrogen and oxygen atoms in total. The van der Waals surface area contributed by atoms with Crippen LogP contribution in [0, 0.1) is 11.8 Å². The Balaban J connectivity index is 1.54. The summed E-state index contributed by atoms with van der Waals surface area (Å²) >= 11 is 1.82. The van der Waals surface area contributed by atoms with E-state index in [4.69, 9.17) is 0 Å². The van der Waals surface area contributed by atoms with Crippen molar-refractivity contribution in [2.24, 2.45) is 11.8 Å². The minimum atomic E-state index is 0.209. The minimum absolute atomic E-state index is 0.209. The number of aromatic nitrogens is 1. The SMILES string of the molecule is CC(CN1CC(CO)C(CCc2cccs2)C1)c1ccc(O)cn1. The van der Waals surface area contributed by atoms with Crippen LogP contribution < -0.4 is 0 Å². The van der Waals surface area contributed by atoms with Gasteiger partial charge in [-0.1, -0.05) is 13.0 Å². The first-order valence-corrected chi connectivity index (χ1v) is 9.54. The molecule has 0 bridgehead atoms. The van der Waals surface area contributed by atoms with Gasteiger partial charge in [0, 0.05) is 42.7 Å². The van der Waals surface area contributed by atoms with Crippen molar-refractivity contribution < 1.29 is 10.2 Å². The van der Waals surface area contributed by atoms with E-state index in [2.05, 4.69) is 34.3 Å². The van der Waals surface area contributed by atoms with Gasteiger partial charge in [-0.3, -0.25) is 4.98 Å². The first kappa shape index (κ1) is 17.4. The Labute approximate surface area is 147 Å². The van der Waals surface area contributed by atoms with Crippen molar-refractivity contribution in [3.63, 3.8) is 0 Å². The fourth-order valence-corrected chi connectivity index (χ4v) is 4.40. The molecule has 0 saturated carbocycles. The summed E-state index contributed by atoms with van der Waals surface area (Å²) in [6, 6.07) is 7.90. The van der Waals surface area contributed by atoms with Crippen LogP contribution in [0.1, 0.15) is 29.8 Å². The molecule has 3 atom stereocenters. The highest BCUT2D eigenvalue weighted by Crippen LogP contribution is 2.29. The predicted molar refractivity (Wildman–Crippen MR) is 97.5 cm³/mol. The maximum absolute atomic E-state index is 9.73. The number of hydrogen-bond donors (Lipinski definition) is 2. The van der Waals surface area contributed by atoms with Gasteiger partial charge in [-0.15, -0.1) is 11.3 Å². The topological polar surface area (TPSA) is 56.6 Å². The molecule has 3 heterocycles. The van der Waals surface area contributed by atoms with Crippen molar-refractivity contribution >= 4 is 11.3 Å². The molecule has 24 heavy (non-hydrogen) atoms. The smallest absolute Gasteiger partial charge is 0.133 e. The van der Waals surface area contributed by atoms with E-state index in [0.717, 1.165) is 38.2 Å². The normalized spacial score (nSPS) is 22.8. The second-order valence-corrected chi connectivity index (χ2v) is 7.91. The number of aliphatic hydroxyl groups excluding tert-OH is 1. The van der Waals surface area contributed by atoms with Gasteiger partial charge in [-0.25, -0.2) is 0 Å². The maximum atomic E-state index is 9.73. The standard InChI is InChI=1S/C19H26N2O2S/c1-14(19-7-5-17(23)9-20-19)10-21-11-15(16(12-21)13-22)4-6-18-3-2-8-24-18/h2-3,5,7-9,14-16,22-23H,4,6,10-13H2,1H3. The van der Waals surface area contributed by atoms with E-state index in [0.29, 0.717) is 17.8 Å². The molecule has 0 spiro atoms. The summed E-state index contributed by atoms with van der Waals surface area (Å²) in [7, 11) is 0. The Morgan fingerprint density at radius 1 is 1.29 bits per heavy atom. The largest absolute Gasteiger partial charge is 0.506 e. The van der Waals surface area contributed by atoms with Crippen LogP contribution in [0.4, 0.5) is 0 Å². The average Bonchev–Trinajstić information content (AvgIpc) is 3.22. The Kier molecular flexibility index (Phi) is 5.87. The van der Waals surface area contributed by atoms with Crippen molar-refractivity contribution in [3.8, 4) is 5.75 Å². The number of aliphatic hydroxyl groups is 1. The minimum Gasteiger partial charge on any atom is -0.506 e. The molecule has 0 aliphatic carbocycles. The number of aromatic hydroxyl groups is 1. The molecule has 0 aromatic carbocycles. The molecule has 2 aromatic rings. The quantitative estimate of drug-likeness (QED) is 0.809. The molecule has 1 fully saturated rings. The van der Waals surface area contributed by atoms with Crippen LogP contribution in [-0.2, 0) is 6.42 Å². The first-order chi connectivity index (χ1) is 11.7. The summed E-state index contributed by atoms with van der Waals surface area (Å²) < 4.78 is 0. The van der Waals surface area contributed by atoms with Crippen molar-refractivity contribution in [2.75, 3.05) is 26.2 Å². The van der Waals surface area contributed by atoms with Gasteiger partial charge < -0.3 is 15.1 Å². The number of pyridine rings is 1. The lowest BCUT2D eigenvalue weighted by molar-refractivity contribution is 0.196. The van der Waals surface area contributed by atoms with Crippen molar-refractivity contribution in [1.82, 2.24) is 9.88 Å². The third-order valence-electron chi connectivity index (χ3n) is 5.04. The molecule has 5 heteroatoms. The Bertz CT molecular complexity index is 615. The molecule has 0 radical (unpaired) electrons. The maximum Gasteiger partial charge on any atom is 0.133 e. The van der Waals surface area contributed by atoms with E-state index in [1.807, 2.05) is 17.4 Å². The second kappa shape index (κ2) is 8.10. The molecule has 1 aliphatic rings. The fraction of sp³-hybridized carbons (Fsp3) is 0.526. The zero-order chi connectivity index (χ0) is 16.9. The number of thiophene rings is 1. The van der Waals surface area contributed by atoms with Crippen LogP contribution in [0.2, 0.25) is 0 Å². The molecule has 2 N–H and O–H groups in total. The van der Waals surface area contributed by atoms with Crippen LogP contribution in [0.25, 0.3) is 0 Å². The lowest BCUT2D eigenvalue weighted by atomic mass is 9.92. The van der Waals surface area contributed by atoms with Gasteiger partial charge in [0.25, 0.3) is 0 Å². The van der Waals surface area contributed by atoms with Crippen LogP contribution in [0.3, 0.4) is 0 Å². The Morgan fingerprint density at radius 3 is 2.79 bits per heavy atom. The van der Waals surface area contributed by atoms with Crippen molar-refractivity contribution in [2.45, 2.75) is 25.7 Å². The molecule has 130 valence electrons. The molecule has 1 aliphatic heterocycles. The highest BCUT2D eigenvalue weighted by Gasteiger charge is 2.32. The summed E-state index contributed by atoms with van der Waals surface area (Å²) in [6.45, 7) is 5.42. The van der Waals surface area contributed by atoms with E-state index < -0.39 is 0 Å². The lowest BCUT2D eigenvalue weighted by Gasteiger charge is -2.20. The predicted octanol–water partition coefficient (Wildman–Crippen LogP) is 3.13. The highest BCUT2D eigenvalue weighted by molar-refractivity contribution is 7.09. The number of likely N-dealkylation sites (tertiary alicyclic amines) is 1. The van der Waals surface area contributed by atoms with E-state index in [-0.39, 0.29) is 12.4 Å². The molecule has 3 unspecified atom stereocenters. The number of hydrogen-bond acceptors (Lipinski definition) is 5. The summed E-state index contributed by atoms with van der Waals surface area (Å²) in [5.41, 5.74) is 1.01. The van der Waals surface area contributed by atoms with Crippen molar-refractivity contribution in [3.05, 3.63) is 46.4 Å². The highest BCUT2D eigenvalue weighted by atomic mass is 32.1. The Hall–Kier alpha value is -1.43. The van der Waals surface area contributed by atoms with Gasteiger partial charge in [0.1, 0.15) is 5.75 Å². The van der Waals surface area contributed by atoms with Crippen molar-refractivity contribution in [1.29, 1.82) is 0 Å². The fourth-order valence-electron chi connectivity index (χ4n) is 3.67. The zero-order valence-corrected chi connectivity index (χ0v) is 15.0. The number of aryl methyl sites for hydroxylation is 1. The summed E-state index contributed by atoms with van der Waals surface area (Å²) in [5.74, 6) is 1.48. The van der Waals surface area contributed by atoms with Gasteiger partial charge in [-0.2, -0.15) is 0 Å². The molecule has 2 aromatic heterocycles. The van der Waals surface area contributed by atoms with E-state index >= 15 is 0 Å². The summed E-state index contributed by atoms with van der Waals surface area (Å²) in [4.78, 5) is 8.22. The van der Waals surface area contributed by atoms with Gasteiger partial charge in [0.15, 0.2) is 0 Å². The third-order valence-corrected chi connectivity index (χ3v) is 5.97. The van der Waals surface area contributed by atoms with Gasteiger partial charge in [-0.05, 0) is 48.3 Å². The lowest BCUT2D eigenvalue weighted by Crippen LogP contribution is -2.26. The summed E-state index contributed by atoms with van der Waals surface area (Å²) in [5, 5.41) is 21.2. The van der Waals surface area contributed by atoms with Crippen LogP contribution in [-0.4, -0.2) is 46.3 Å². The third kappa shape index (κ3) is 4.35. The summed E-state index contributed by atoms with van der Waals surface area (Å²) in [6.07, 6.45) is 3.77. The molecular formula is C19H26N2O2S. The Morgan fingerprint density at radius 2 is 2.12 bits per heavy atom. The zero-order valence-electron chi connectivity index (χ0n) is 14.1. The molecule has 1 saturated heterocycles. The van der Waals surface area contributed by atoms with Crippen LogP contribution in [0.5, 0.6) is 5.75 Å². The molecule has 3 rings (SSSR count). The first-order valence-electron chi connectivity index (χ1n) is 8.66. The molecular weight excluding hydrogens is 320 g/mol. The van der Waals surface area contributed by atoms with E-state index in [9.17, 15) is 10.2 Å². The van der Waals surface area contributed by atoms with Gasteiger partial charge in [0.05, 0.1) is 6.20 Å². The number of rotatable bonds is 7. The van der Waals surface area contributed by atoms with Gasteiger partial charge >= 0.3 is 0 Å².